The van der Waals surface area contributed by atoms with Crippen LogP contribution >= 0.6 is 0 Å². The molecule has 2 aromatic heterocycles. The van der Waals surface area contributed by atoms with E-state index >= 15 is 0 Å². The molecule has 0 aliphatic rings. The number of hydrogen-bond acceptors (Lipinski definition) is 4. The molecule has 2 aromatic rings. The zero-order chi connectivity index (χ0) is 14.2. The highest BCUT2D eigenvalue weighted by Crippen LogP contribution is 2.19. The summed E-state index contributed by atoms with van der Waals surface area (Å²) in [4.78, 5) is 11.8. The van der Waals surface area contributed by atoms with Gasteiger partial charge < -0.3 is 0 Å². The summed E-state index contributed by atoms with van der Waals surface area (Å²) in [5.41, 5.74) is 0.327. The molecule has 0 fully saturated rings. The molecule has 0 saturated carbocycles. The molecule has 2 rings (SSSR count). The van der Waals surface area contributed by atoms with E-state index in [1.807, 2.05) is 0 Å². The molecule has 0 aliphatic carbocycles. The van der Waals surface area contributed by atoms with Gasteiger partial charge in [-0.05, 0) is 19.1 Å². The lowest BCUT2D eigenvalue weighted by Crippen LogP contribution is -2.31. The number of nitrogens with zero attached hydrogens (tertiary/aromatic N) is 3. The lowest BCUT2D eigenvalue weighted by Gasteiger charge is -2.19. The Bertz CT molecular complexity index is 756. The third-order valence-electron chi connectivity index (χ3n) is 3.10. The molecule has 2 heterocycles. The van der Waals surface area contributed by atoms with Crippen LogP contribution in [0.25, 0.3) is 5.65 Å². The molecule has 0 amide bonds. The van der Waals surface area contributed by atoms with Crippen molar-refractivity contribution in [3.05, 3.63) is 28.3 Å². The first-order valence-electron chi connectivity index (χ1n) is 6.00. The molecule has 0 aromatic carbocycles. The van der Waals surface area contributed by atoms with Crippen molar-refractivity contribution in [1.82, 2.24) is 18.9 Å². The SMILES string of the molecule is CCN(CC)S(=O)(=O)c1ccc2n[nH]c(=O)n2c1C. The van der Waals surface area contributed by atoms with Crippen LogP contribution in [0.15, 0.2) is 21.8 Å². The lowest BCUT2D eigenvalue weighted by molar-refractivity contribution is 0.444. The maximum atomic E-state index is 12.5. The van der Waals surface area contributed by atoms with E-state index in [-0.39, 0.29) is 4.90 Å². The van der Waals surface area contributed by atoms with Crippen LogP contribution in [0, 0.1) is 6.92 Å². The van der Waals surface area contributed by atoms with Crippen molar-refractivity contribution < 1.29 is 8.42 Å². The van der Waals surface area contributed by atoms with Gasteiger partial charge in [-0.1, -0.05) is 13.8 Å². The van der Waals surface area contributed by atoms with Gasteiger partial charge in [0.25, 0.3) is 0 Å². The molecule has 0 aliphatic heterocycles. The summed E-state index contributed by atoms with van der Waals surface area (Å²) >= 11 is 0. The highest BCUT2D eigenvalue weighted by Gasteiger charge is 2.25. The van der Waals surface area contributed by atoms with Gasteiger partial charge in [0.15, 0.2) is 5.65 Å². The summed E-state index contributed by atoms with van der Waals surface area (Å²) in [6, 6.07) is 3.00. The zero-order valence-electron chi connectivity index (χ0n) is 11.0. The third-order valence-corrected chi connectivity index (χ3v) is 5.28. The van der Waals surface area contributed by atoms with E-state index in [9.17, 15) is 13.2 Å². The molecule has 8 heteroatoms. The van der Waals surface area contributed by atoms with Gasteiger partial charge in [-0.3, -0.25) is 0 Å². The number of pyridine rings is 1. The summed E-state index contributed by atoms with van der Waals surface area (Å²) in [7, 11) is -3.59. The first-order valence-corrected chi connectivity index (χ1v) is 7.44. The van der Waals surface area contributed by atoms with Crippen LogP contribution in [0.3, 0.4) is 0 Å². The topological polar surface area (TPSA) is 87.5 Å². The van der Waals surface area contributed by atoms with Gasteiger partial charge in [-0.15, -0.1) is 0 Å². The number of H-pyrrole nitrogens is 1. The van der Waals surface area contributed by atoms with Gasteiger partial charge >= 0.3 is 5.69 Å². The molecule has 19 heavy (non-hydrogen) atoms. The second-order valence-electron chi connectivity index (χ2n) is 4.09. The second-order valence-corrected chi connectivity index (χ2v) is 6.00. The van der Waals surface area contributed by atoms with E-state index in [2.05, 4.69) is 10.2 Å². The molecule has 0 unspecified atom stereocenters. The molecule has 0 atom stereocenters. The standard InChI is InChI=1S/C11H16N4O3S/c1-4-14(5-2)19(17,18)9-6-7-10-12-13-11(16)15(10)8(9)3/h6-7H,4-5H2,1-3H3,(H,13,16). The van der Waals surface area contributed by atoms with E-state index in [0.29, 0.717) is 24.4 Å². The number of fused-ring (bicyclic) bond motifs is 1. The van der Waals surface area contributed by atoms with Crippen molar-refractivity contribution >= 4 is 15.7 Å². The minimum absolute atomic E-state index is 0.132. The van der Waals surface area contributed by atoms with E-state index in [0.717, 1.165) is 0 Å². The van der Waals surface area contributed by atoms with E-state index in [4.69, 9.17) is 0 Å². The number of aryl methyl sites for hydroxylation is 1. The summed E-state index contributed by atoms with van der Waals surface area (Å²) in [6.07, 6.45) is 0. The van der Waals surface area contributed by atoms with E-state index < -0.39 is 15.7 Å². The predicted molar refractivity (Wildman–Crippen MR) is 70.7 cm³/mol. The van der Waals surface area contributed by atoms with Crippen LogP contribution in [0.5, 0.6) is 0 Å². The van der Waals surface area contributed by atoms with E-state index in [1.165, 1.54) is 20.8 Å². The lowest BCUT2D eigenvalue weighted by atomic mass is 10.4. The summed E-state index contributed by atoms with van der Waals surface area (Å²) in [6.45, 7) is 5.92. The number of rotatable bonds is 4. The Labute approximate surface area is 110 Å². The van der Waals surface area contributed by atoms with Crippen molar-refractivity contribution in [2.24, 2.45) is 0 Å². The minimum Gasteiger partial charge on any atom is -0.246 e. The smallest absolute Gasteiger partial charge is 0.246 e. The Kier molecular flexibility index (Phi) is 3.46. The van der Waals surface area contributed by atoms with Crippen LogP contribution in [-0.2, 0) is 10.0 Å². The fourth-order valence-corrected chi connectivity index (χ4v) is 3.76. The Morgan fingerprint density at radius 1 is 1.32 bits per heavy atom. The van der Waals surface area contributed by atoms with Gasteiger partial charge in [-0.25, -0.2) is 22.7 Å². The van der Waals surface area contributed by atoms with Gasteiger partial charge in [0, 0.05) is 18.8 Å². The number of aromatic amines is 1. The fraction of sp³-hybridized carbons (Fsp3) is 0.455. The van der Waals surface area contributed by atoms with Gasteiger partial charge in [0.05, 0.1) is 0 Å². The summed E-state index contributed by atoms with van der Waals surface area (Å²) < 4.78 is 27.6. The molecule has 0 saturated heterocycles. The number of sulfonamides is 1. The molecule has 0 bridgehead atoms. The molecule has 0 spiro atoms. The average molecular weight is 284 g/mol. The normalized spacial score (nSPS) is 12.4. The second kappa shape index (κ2) is 4.78. The number of aromatic nitrogens is 3. The van der Waals surface area contributed by atoms with Crippen molar-refractivity contribution in [1.29, 1.82) is 0 Å². The van der Waals surface area contributed by atoms with Crippen molar-refractivity contribution in [3.63, 3.8) is 0 Å². The highest BCUT2D eigenvalue weighted by atomic mass is 32.2. The van der Waals surface area contributed by atoms with Crippen LogP contribution in [0.4, 0.5) is 0 Å². The Morgan fingerprint density at radius 2 is 1.95 bits per heavy atom. The average Bonchev–Trinajstić information content (AvgIpc) is 2.73. The predicted octanol–water partition coefficient (Wildman–Crippen LogP) is 0.362. The maximum absolute atomic E-state index is 12.5. The highest BCUT2D eigenvalue weighted by molar-refractivity contribution is 7.89. The van der Waals surface area contributed by atoms with Gasteiger partial charge in [-0.2, -0.15) is 9.40 Å². The fourth-order valence-electron chi connectivity index (χ4n) is 2.10. The Hall–Kier alpha value is -1.67. The van der Waals surface area contributed by atoms with Crippen LogP contribution in [0.1, 0.15) is 19.5 Å². The Balaban J connectivity index is 2.73. The van der Waals surface area contributed by atoms with Gasteiger partial charge in [0.2, 0.25) is 10.0 Å². The molecular formula is C11H16N4O3S. The van der Waals surface area contributed by atoms with Crippen molar-refractivity contribution in [2.45, 2.75) is 25.7 Å². The van der Waals surface area contributed by atoms with Crippen LogP contribution in [0.2, 0.25) is 0 Å². The first kappa shape index (κ1) is 13.8. The van der Waals surface area contributed by atoms with E-state index in [1.54, 1.807) is 20.8 Å². The molecule has 0 radical (unpaired) electrons. The minimum atomic E-state index is -3.59. The van der Waals surface area contributed by atoms with Crippen molar-refractivity contribution in [3.8, 4) is 0 Å². The molecule has 1 N–H and O–H groups in total. The Morgan fingerprint density at radius 3 is 2.53 bits per heavy atom. The maximum Gasteiger partial charge on any atom is 0.347 e. The van der Waals surface area contributed by atoms with Gasteiger partial charge in [0.1, 0.15) is 4.90 Å². The quantitative estimate of drug-likeness (QED) is 0.878. The zero-order valence-corrected chi connectivity index (χ0v) is 11.9. The number of hydrogen-bond donors (Lipinski definition) is 1. The van der Waals surface area contributed by atoms with Crippen LogP contribution in [-0.4, -0.2) is 40.4 Å². The molecular weight excluding hydrogens is 268 g/mol. The molecule has 104 valence electrons. The summed E-state index contributed by atoms with van der Waals surface area (Å²) in [5, 5.41) is 6.11. The largest absolute Gasteiger partial charge is 0.347 e. The first-order chi connectivity index (χ1) is 8.93. The summed E-state index contributed by atoms with van der Waals surface area (Å²) in [5.74, 6) is 0. The monoisotopic (exact) mass is 284 g/mol. The van der Waals surface area contributed by atoms with Crippen LogP contribution < -0.4 is 5.69 Å². The molecule has 7 nitrogen and oxygen atoms in total. The van der Waals surface area contributed by atoms with Crippen molar-refractivity contribution in [2.75, 3.05) is 13.1 Å². The third kappa shape index (κ3) is 2.06. The number of nitrogens with one attached hydrogen (secondary N) is 1.